The third kappa shape index (κ3) is 5.10. The molecular formula is C16H22BrNO2. The van der Waals surface area contributed by atoms with Gasteiger partial charge in [0.15, 0.2) is 0 Å². The van der Waals surface area contributed by atoms with E-state index >= 15 is 0 Å². The molecular weight excluding hydrogens is 318 g/mol. The molecule has 4 heteroatoms. The molecule has 110 valence electrons. The highest BCUT2D eigenvalue weighted by Crippen LogP contribution is 2.20. The fraction of sp³-hybridized carbons (Fsp3) is 0.438. The van der Waals surface area contributed by atoms with Crippen molar-refractivity contribution in [1.82, 2.24) is 5.32 Å². The molecule has 1 rings (SSSR count). The largest absolute Gasteiger partial charge is 0.396 e. The van der Waals surface area contributed by atoms with E-state index in [1.165, 1.54) is 11.6 Å². The normalized spacial score (nSPS) is 14.2. The summed E-state index contributed by atoms with van der Waals surface area (Å²) in [6.07, 6.45) is 4.65. The summed E-state index contributed by atoms with van der Waals surface area (Å²) >= 11 is 3.48. The summed E-state index contributed by atoms with van der Waals surface area (Å²) in [7, 11) is 0. The van der Waals surface area contributed by atoms with E-state index in [0.29, 0.717) is 6.42 Å². The van der Waals surface area contributed by atoms with Gasteiger partial charge in [-0.2, -0.15) is 0 Å². The molecule has 20 heavy (non-hydrogen) atoms. The molecule has 1 aromatic rings. The van der Waals surface area contributed by atoms with E-state index in [-0.39, 0.29) is 18.1 Å². The molecule has 0 heterocycles. The first-order valence-electron chi connectivity index (χ1n) is 6.77. The lowest BCUT2D eigenvalue weighted by atomic mass is 9.95. The average Bonchev–Trinajstić information content (AvgIpc) is 2.38. The highest BCUT2D eigenvalue weighted by Gasteiger charge is 2.22. The van der Waals surface area contributed by atoms with Crippen LogP contribution in [0.25, 0.3) is 6.08 Å². The van der Waals surface area contributed by atoms with Crippen LogP contribution in [0.5, 0.6) is 0 Å². The summed E-state index contributed by atoms with van der Waals surface area (Å²) in [4.78, 5) is 11.9. The van der Waals surface area contributed by atoms with Gasteiger partial charge in [0, 0.05) is 22.7 Å². The van der Waals surface area contributed by atoms with E-state index in [2.05, 4.69) is 21.2 Å². The number of benzene rings is 1. The van der Waals surface area contributed by atoms with Gasteiger partial charge in [-0.15, -0.1) is 0 Å². The fourth-order valence-electron chi connectivity index (χ4n) is 1.85. The Morgan fingerprint density at radius 3 is 2.75 bits per heavy atom. The van der Waals surface area contributed by atoms with Gasteiger partial charge in [0.1, 0.15) is 0 Å². The van der Waals surface area contributed by atoms with Crippen LogP contribution in [0.2, 0.25) is 0 Å². The van der Waals surface area contributed by atoms with Crippen LogP contribution in [-0.4, -0.2) is 23.2 Å². The third-order valence-electron chi connectivity index (χ3n) is 3.44. The molecule has 1 aromatic carbocycles. The number of carbonyl (C=O) groups excluding carboxylic acids is 1. The van der Waals surface area contributed by atoms with E-state index in [1.807, 2.05) is 39.0 Å². The minimum atomic E-state index is -0.360. The van der Waals surface area contributed by atoms with Gasteiger partial charge in [-0.05, 0) is 50.0 Å². The first-order valence-corrected chi connectivity index (χ1v) is 7.57. The maximum absolute atomic E-state index is 11.9. The highest BCUT2D eigenvalue weighted by molar-refractivity contribution is 9.10. The van der Waals surface area contributed by atoms with Crippen LogP contribution in [0.3, 0.4) is 0 Å². The van der Waals surface area contributed by atoms with Crippen LogP contribution >= 0.6 is 15.9 Å². The molecule has 0 spiro atoms. The maximum atomic E-state index is 11.9. The molecule has 2 N–H and O–H groups in total. The summed E-state index contributed by atoms with van der Waals surface area (Å²) in [5, 5.41) is 12.0. The van der Waals surface area contributed by atoms with Crippen LogP contribution < -0.4 is 5.32 Å². The van der Waals surface area contributed by atoms with Gasteiger partial charge < -0.3 is 10.4 Å². The number of aryl methyl sites for hydroxylation is 1. The standard InChI is InChI=1S/C16H22BrNO2/c1-4-16(3,9-10-19)18-15(20)8-7-13-6-5-12(2)11-14(13)17/h5-8,11,19H,4,9-10H2,1-3H3,(H,18,20)/b8-7+. The van der Waals surface area contributed by atoms with E-state index in [1.54, 1.807) is 6.08 Å². The minimum Gasteiger partial charge on any atom is -0.396 e. The lowest BCUT2D eigenvalue weighted by molar-refractivity contribution is -0.118. The number of aliphatic hydroxyl groups excluding tert-OH is 1. The smallest absolute Gasteiger partial charge is 0.244 e. The Hall–Kier alpha value is -1.13. The molecule has 0 saturated heterocycles. The van der Waals surface area contributed by atoms with Gasteiger partial charge in [0.05, 0.1) is 0 Å². The summed E-state index contributed by atoms with van der Waals surface area (Å²) in [6, 6.07) is 5.99. The SMILES string of the molecule is CCC(C)(CCO)NC(=O)/C=C/c1ccc(C)cc1Br. The Kier molecular flexibility index (Phi) is 6.43. The number of aliphatic hydroxyl groups is 1. The van der Waals surface area contributed by atoms with Crippen molar-refractivity contribution in [2.75, 3.05) is 6.61 Å². The Balaban J connectivity index is 2.72. The molecule has 0 saturated carbocycles. The molecule has 0 radical (unpaired) electrons. The first-order chi connectivity index (χ1) is 9.40. The molecule has 0 bridgehead atoms. The number of hydrogen-bond acceptors (Lipinski definition) is 2. The molecule has 1 unspecified atom stereocenters. The van der Waals surface area contributed by atoms with Gasteiger partial charge in [-0.1, -0.05) is 35.0 Å². The monoisotopic (exact) mass is 339 g/mol. The molecule has 0 aromatic heterocycles. The van der Waals surface area contributed by atoms with Crippen molar-refractivity contribution in [3.8, 4) is 0 Å². The van der Waals surface area contributed by atoms with Crippen molar-refractivity contribution < 1.29 is 9.90 Å². The van der Waals surface area contributed by atoms with Crippen LogP contribution in [-0.2, 0) is 4.79 Å². The molecule has 0 aliphatic rings. The number of amides is 1. The summed E-state index contributed by atoms with van der Waals surface area (Å²) in [5.41, 5.74) is 1.77. The van der Waals surface area contributed by atoms with Crippen molar-refractivity contribution in [3.63, 3.8) is 0 Å². The van der Waals surface area contributed by atoms with Crippen LogP contribution in [0.4, 0.5) is 0 Å². The van der Waals surface area contributed by atoms with Crippen molar-refractivity contribution >= 4 is 27.9 Å². The second-order valence-electron chi connectivity index (χ2n) is 5.24. The van der Waals surface area contributed by atoms with Gasteiger partial charge in [0.25, 0.3) is 0 Å². The predicted octanol–water partition coefficient (Wildman–Crippen LogP) is 3.44. The number of hydrogen-bond donors (Lipinski definition) is 2. The molecule has 0 fully saturated rings. The molecule has 0 aliphatic heterocycles. The lowest BCUT2D eigenvalue weighted by Gasteiger charge is -2.28. The van der Waals surface area contributed by atoms with Gasteiger partial charge in [-0.25, -0.2) is 0 Å². The zero-order valence-electron chi connectivity index (χ0n) is 12.2. The maximum Gasteiger partial charge on any atom is 0.244 e. The van der Waals surface area contributed by atoms with E-state index in [4.69, 9.17) is 5.11 Å². The number of halogens is 1. The highest BCUT2D eigenvalue weighted by atomic mass is 79.9. The Morgan fingerprint density at radius 1 is 1.50 bits per heavy atom. The van der Waals surface area contributed by atoms with Gasteiger partial charge >= 0.3 is 0 Å². The van der Waals surface area contributed by atoms with Crippen LogP contribution in [0, 0.1) is 6.92 Å². The van der Waals surface area contributed by atoms with Crippen molar-refractivity contribution in [2.45, 2.75) is 39.2 Å². The topological polar surface area (TPSA) is 49.3 Å². The number of carbonyl (C=O) groups is 1. The van der Waals surface area contributed by atoms with E-state index < -0.39 is 0 Å². The zero-order valence-corrected chi connectivity index (χ0v) is 13.8. The average molecular weight is 340 g/mol. The molecule has 3 nitrogen and oxygen atoms in total. The zero-order chi connectivity index (χ0) is 15.2. The Bertz CT molecular complexity index is 499. The summed E-state index contributed by atoms with van der Waals surface area (Å²) in [6.45, 7) is 6.03. The second-order valence-corrected chi connectivity index (χ2v) is 6.09. The van der Waals surface area contributed by atoms with Crippen molar-refractivity contribution in [3.05, 3.63) is 39.9 Å². The third-order valence-corrected chi connectivity index (χ3v) is 4.13. The lowest BCUT2D eigenvalue weighted by Crippen LogP contribution is -2.45. The summed E-state index contributed by atoms with van der Waals surface area (Å²) in [5.74, 6) is -0.143. The van der Waals surface area contributed by atoms with Crippen molar-refractivity contribution in [1.29, 1.82) is 0 Å². The van der Waals surface area contributed by atoms with Crippen LogP contribution in [0.1, 0.15) is 37.8 Å². The number of nitrogens with one attached hydrogen (secondary N) is 1. The molecule has 0 aliphatic carbocycles. The molecule has 1 amide bonds. The Morgan fingerprint density at radius 2 is 2.20 bits per heavy atom. The quantitative estimate of drug-likeness (QED) is 0.780. The fourth-order valence-corrected chi connectivity index (χ4v) is 2.47. The predicted molar refractivity (Wildman–Crippen MR) is 86.5 cm³/mol. The Labute approximate surface area is 129 Å². The van der Waals surface area contributed by atoms with Gasteiger partial charge in [-0.3, -0.25) is 4.79 Å². The molecule has 1 atom stereocenters. The minimum absolute atomic E-state index is 0.0673. The number of rotatable bonds is 6. The second kappa shape index (κ2) is 7.60. The van der Waals surface area contributed by atoms with Gasteiger partial charge in [0.2, 0.25) is 5.91 Å². The van der Waals surface area contributed by atoms with E-state index in [0.717, 1.165) is 16.5 Å². The van der Waals surface area contributed by atoms with Crippen LogP contribution in [0.15, 0.2) is 28.7 Å². The summed E-state index contributed by atoms with van der Waals surface area (Å²) < 4.78 is 0.968. The van der Waals surface area contributed by atoms with Crippen molar-refractivity contribution in [2.24, 2.45) is 0 Å². The first kappa shape index (κ1) is 16.9. The van der Waals surface area contributed by atoms with E-state index in [9.17, 15) is 4.79 Å².